The minimum absolute atomic E-state index is 0.185. The molecule has 1 unspecified atom stereocenters. The first-order chi connectivity index (χ1) is 5.22. The first-order valence-corrected chi connectivity index (χ1v) is 4.44. The molecule has 0 saturated carbocycles. The summed E-state index contributed by atoms with van der Waals surface area (Å²) in [5.74, 6) is 0.914. The molecule has 62 valence electrons. The molecule has 1 aromatic heterocycles. The van der Waals surface area contributed by atoms with Crippen LogP contribution in [0.3, 0.4) is 0 Å². The minimum Gasteiger partial charge on any atom is -0.455 e. The average molecular weight is 172 g/mol. The highest BCUT2D eigenvalue weighted by Crippen LogP contribution is 2.24. The molecule has 1 rings (SSSR count). The highest BCUT2D eigenvalue weighted by atomic mass is 32.2. The summed E-state index contributed by atoms with van der Waals surface area (Å²) >= 11 is 1.55. The van der Waals surface area contributed by atoms with Crippen molar-refractivity contribution >= 4 is 11.8 Å². The summed E-state index contributed by atoms with van der Waals surface area (Å²) in [7, 11) is 0. The second-order valence-corrected chi connectivity index (χ2v) is 3.92. The van der Waals surface area contributed by atoms with Crippen molar-refractivity contribution in [2.24, 2.45) is 0 Å². The summed E-state index contributed by atoms with van der Waals surface area (Å²) in [6.45, 7) is 4.06. The molecule has 11 heavy (non-hydrogen) atoms. The van der Waals surface area contributed by atoms with Crippen LogP contribution in [-0.4, -0.2) is 17.0 Å². The maximum absolute atomic E-state index is 8.74. The number of aryl methyl sites for hydroxylation is 1. The first-order valence-electron chi connectivity index (χ1n) is 3.56. The molecule has 1 heterocycles. The Labute approximate surface area is 70.6 Å². The predicted molar refractivity (Wildman–Crippen MR) is 45.8 cm³/mol. The summed E-state index contributed by atoms with van der Waals surface area (Å²) < 4.78 is 5.31. The van der Waals surface area contributed by atoms with E-state index in [9.17, 15) is 0 Å². The van der Waals surface area contributed by atoms with Crippen LogP contribution in [-0.2, 0) is 0 Å². The third-order valence-corrected chi connectivity index (χ3v) is 2.29. The largest absolute Gasteiger partial charge is 0.455 e. The van der Waals surface area contributed by atoms with E-state index in [4.69, 9.17) is 9.52 Å². The van der Waals surface area contributed by atoms with Gasteiger partial charge < -0.3 is 9.52 Å². The van der Waals surface area contributed by atoms with E-state index < -0.39 is 0 Å². The van der Waals surface area contributed by atoms with Crippen LogP contribution >= 0.6 is 11.8 Å². The molecular formula is C8H12O2S. The zero-order chi connectivity index (χ0) is 8.27. The zero-order valence-electron chi connectivity index (χ0n) is 6.70. The second kappa shape index (κ2) is 3.83. The monoisotopic (exact) mass is 172 g/mol. The van der Waals surface area contributed by atoms with Crippen LogP contribution in [0.2, 0.25) is 0 Å². The fourth-order valence-corrected chi connectivity index (χ4v) is 1.51. The molecule has 1 aromatic rings. The van der Waals surface area contributed by atoms with Gasteiger partial charge in [0, 0.05) is 5.25 Å². The lowest BCUT2D eigenvalue weighted by atomic mass is 10.5. The molecule has 1 atom stereocenters. The van der Waals surface area contributed by atoms with Gasteiger partial charge in [-0.05, 0) is 19.1 Å². The lowest BCUT2D eigenvalue weighted by Crippen LogP contribution is -2.00. The van der Waals surface area contributed by atoms with Crippen LogP contribution < -0.4 is 0 Å². The Morgan fingerprint density at radius 3 is 2.82 bits per heavy atom. The zero-order valence-corrected chi connectivity index (χ0v) is 7.52. The molecule has 0 spiro atoms. The van der Waals surface area contributed by atoms with Crippen molar-refractivity contribution in [3.05, 3.63) is 17.9 Å². The predicted octanol–water partition coefficient (Wildman–Crippen LogP) is 2.06. The Hall–Kier alpha value is -0.410. The number of aliphatic hydroxyl groups is 1. The lowest BCUT2D eigenvalue weighted by Gasteiger charge is -2.02. The van der Waals surface area contributed by atoms with Gasteiger partial charge >= 0.3 is 0 Å². The Bertz CT molecular complexity index is 220. The highest BCUT2D eigenvalue weighted by Gasteiger charge is 2.04. The van der Waals surface area contributed by atoms with Crippen LogP contribution in [0.1, 0.15) is 12.7 Å². The third-order valence-electron chi connectivity index (χ3n) is 1.29. The first kappa shape index (κ1) is 8.68. The van der Waals surface area contributed by atoms with E-state index in [0.717, 1.165) is 10.9 Å². The Kier molecular flexibility index (Phi) is 3.02. The van der Waals surface area contributed by atoms with Crippen molar-refractivity contribution in [1.82, 2.24) is 0 Å². The topological polar surface area (TPSA) is 33.4 Å². The number of rotatable bonds is 3. The van der Waals surface area contributed by atoms with E-state index in [1.54, 1.807) is 11.8 Å². The fourth-order valence-electron chi connectivity index (χ4n) is 0.711. The lowest BCUT2D eigenvalue weighted by molar-refractivity contribution is 0.299. The van der Waals surface area contributed by atoms with Crippen molar-refractivity contribution in [3.63, 3.8) is 0 Å². The molecule has 0 aromatic carbocycles. The molecule has 2 nitrogen and oxygen atoms in total. The highest BCUT2D eigenvalue weighted by molar-refractivity contribution is 7.99. The van der Waals surface area contributed by atoms with Gasteiger partial charge in [0.1, 0.15) is 5.76 Å². The summed E-state index contributed by atoms with van der Waals surface area (Å²) in [4.78, 5) is 0. The summed E-state index contributed by atoms with van der Waals surface area (Å²) in [6.07, 6.45) is 0. The summed E-state index contributed by atoms with van der Waals surface area (Å²) in [5, 5.41) is 9.83. The van der Waals surface area contributed by atoms with Gasteiger partial charge in [-0.15, -0.1) is 0 Å². The van der Waals surface area contributed by atoms with Crippen molar-refractivity contribution in [3.8, 4) is 0 Å². The van der Waals surface area contributed by atoms with Gasteiger partial charge in [-0.25, -0.2) is 0 Å². The number of thioether (sulfide) groups is 1. The van der Waals surface area contributed by atoms with Crippen LogP contribution in [0.4, 0.5) is 0 Å². The van der Waals surface area contributed by atoms with Crippen molar-refractivity contribution in [2.75, 3.05) is 6.61 Å². The van der Waals surface area contributed by atoms with E-state index in [1.165, 1.54) is 0 Å². The maximum atomic E-state index is 8.74. The molecule has 0 aliphatic rings. The van der Waals surface area contributed by atoms with E-state index in [1.807, 2.05) is 26.0 Å². The van der Waals surface area contributed by atoms with Gasteiger partial charge in [0.15, 0.2) is 5.09 Å². The molecule has 0 aliphatic heterocycles. The average Bonchev–Trinajstić information content (AvgIpc) is 2.35. The standard InChI is InChI=1S/C8H12O2S/c1-6-3-4-8(10-6)11-7(2)5-9/h3-4,7,9H,5H2,1-2H3. The van der Waals surface area contributed by atoms with E-state index in [-0.39, 0.29) is 11.9 Å². The van der Waals surface area contributed by atoms with Crippen LogP contribution in [0.15, 0.2) is 21.6 Å². The molecule has 3 heteroatoms. The van der Waals surface area contributed by atoms with Gasteiger partial charge in [0.25, 0.3) is 0 Å². The summed E-state index contributed by atoms with van der Waals surface area (Å²) in [6, 6.07) is 3.85. The van der Waals surface area contributed by atoms with E-state index >= 15 is 0 Å². The fraction of sp³-hybridized carbons (Fsp3) is 0.500. The van der Waals surface area contributed by atoms with Crippen molar-refractivity contribution < 1.29 is 9.52 Å². The molecule has 0 saturated heterocycles. The second-order valence-electron chi connectivity index (χ2n) is 2.48. The normalized spacial score (nSPS) is 13.4. The number of hydrogen-bond acceptors (Lipinski definition) is 3. The van der Waals surface area contributed by atoms with Crippen LogP contribution in [0, 0.1) is 6.92 Å². The molecule has 0 radical (unpaired) electrons. The quantitative estimate of drug-likeness (QED) is 0.708. The Morgan fingerprint density at radius 2 is 2.36 bits per heavy atom. The molecule has 1 N–H and O–H groups in total. The van der Waals surface area contributed by atoms with Crippen LogP contribution in [0.5, 0.6) is 0 Å². The maximum Gasteiger partial charge on any atom is 0.160 e. The van der Waals surface area contributed by atoms with Gasteiger partial charge in [-0.1, -0.05) is 18.7 Å². The molecule has 0 fully saturated rings. The third kappa shape index (κ3) is 2.60. The molecule has 0 bridgehead atoms. The Balaban J connectivity index is 2.50. The number of aliphatic hydroxyl groups excluding tert-OH is 1. The SMILES string of the molecule is Cc1ccc(SC(C)CO)o1. The van der Waals surface area contributed by atoms with E-state index in [0.29, 0.717) is 0 Å². The van der Waals surface area contributed by atoms with Gasteiger partial charge in [-0.3, -0.25) is 0 Å². The van der Waals surface area contributed by atoms with Crippen molar-refractivity contribution in [2.45, 2.75) is 24.2 Å². The molecule has 0 amide bonds. The number of hydrogen-bond donors (Lipinski definition) is 1. The van der Waals surface area contributed by atoms with Crippen molar-refractivity contribution in [1.29, 1.82) is 0 Å². The van der Waals surface area contributed by atoms with E-state index in [2.05, 4.69) is 0 Å². The summed E-state index contributed by atoms with van der Waals surface area (Å²) in [5.41, 5.74) is 0. The van der Waals surface area contributed by atoms with Crippen LogP contribution in [0.25, 0.3) is 0 Å². The van der Waals surface area contributed by atoms with Gasteiger partial charge in [-0.2, -0.15) is 0 Å². The Morgan fingerprint density at radius 1 is 1.64 bits per heavy atom. The smallest absolute Gasteiger partial charge is 0.160 e. The van der Waals surface area contributed by atoms with Gasteiger partial charge in [0.2, 0.25) is 0 Å². The molecular weight excluding hydrogens is 160 g/mol. The number of furan rings is 1. The minimum atomic E-state index is 0.185. The van der Waals surface area contributed by atoms with Gasteiger partial charge in [0.05, 0.1) is 6.61 Å². The molecule has 0 aliphatic carbocycles.